The summed E-state index contributed by atoms with van der Waals surface area (Å²) in [6.45, 7) is 0. The molecule has 82 valence electrons. The first kappa shape index (κ1) is 10.8. The molecule has 1 aliphatic rings. The molecule has 0 atom stereocenters. The molecule has 0 aromatic heterocycles. The summed E-state index contributed by atoms with van der Waals surface area (Å²) >= 11 is 5.55. The second-order valence-corrected chi connectivity index (χ2v) is 4.34. The van der Waals surface area contributed by atoms with Gasteiger partial charge >= 0.3 is 0 Å². The van der Waals surface area contributed by atoms with E-state index >= 15 is 0 Å². The molecule has 0 bridgehead atoms. The molecule has 3 N–H and O–H groups in total. The van der Waals surface area contributed by atoms with Crippen LogP contribution in [0.15, 0.2) is 12.1 Å². The van der Waals surface area contributed by atoms with Crippen LogP contribution >= 0.6 is 11.6 Å². The monoisotopic (exact) mass is 233 g/mol. The Kier molecular flexibility index (Phi) is 2.45. The molecule has 1 aromatic carbocycles. The molecular formula is C10H10ClF2NO. The number of hydrogen-bond acceptors (Lipinski definition) is 2. The van der Waals surface area contributed by atoms with Gasteiger partial charge in [0.15, 0.2) is 0 Å². The van der Waals surface area contributed by atoms with E-state index in [1.54, 1.807) is 0 Å². The van der Waals surface area contributed by atoms with Crippen molar-refractivity contribution >= 4 is 11.6 Å². The predicted octanol–water partition coefficient (Wildman–Crippen LogP) is 1.93. The lowest BCUT2D eigenvalue weighted by Crippen LogP contribution is -2.52. The molecule has 1 saturated carbocycles. The van der Waals surface area contributed by atoms with E-state index in [0.29, 0.717) is 0 Å². The number of hydrogen-bond donors (Lipinski definition) is 2. The molecule has 0 radical (unpaired) electrons. The predicted molar refractivity (Wildman–Crippen MR) is 52.5 cm³/mol. The summed E-state index contributed by atoms with van der Waals surface area (Å²) in [6, 6.07) is 2.23. The van der Waals surface area contributed by atoms with Crippen molar-refractivity contribution in [2.24, 2.45) is 5.73 Å². The van der Waals surface area contributed by atoms with Crippen molar-refractivity contribution in [2.75, 3.05) is 0 Å². The third kappa shape index (κ3) is 1.62. The number of benzene rings is 1. The largest absolute Gasteiger partial charge is 0.393 e. The van der Waals surface area contributed by atoms with Crippen LogP contribution in [0.1, 0.15) is 18.4 Å². The van der Waals surface area contributed by atoms with Crippen molar-refractivity contribution in [3.05, 3.63) is 34.4 Å². The second kappa shape index (κ2) is 3.40. The molecule has 0 spiro atoms. The average Bonchev–Trinajstić information content (AvgIpc) is 2.10. The third-order valence-corrected chi connectivity index (χ3v) is 3.03. The fourth-order valence-corrected chi connectivity index (χ4v) is 2.13. The summed E-state index contributed by atoms with van der Waals surface area (Å²) in [4.78, 5) is 0. The van der Waals surface area contributed by atoms with Gasteiger partial charge in [-0.2, -0.15) is 0 Å². The highest BCUT2D eigenvalue weighted by atomic mass is 35.5. The molecule has 0 saturated heterocycles. The van der Waals surface area contributed by atoms with Crippen LogP contribution in [-0.2, 0) is 5.54 Å². The van der Waals surface area contributed by atoms with Gasteiger partial charge < -0.3 is 10.8 Å². The summed E-state index contributed by atoms with van der Waals surface area (Å²) in [5.41, 5.74) is 4.44. The normalized spacial score (nSPS) is 30.1. The van der Waals surface area contributed by atoms with E-state index in [9.17, 15) is 8.78 Å². The minimum absolute atomic E-state index is 0.154. The third-order valence-electron chi connectivity index (χ3n) is 2.74. The van der Waals surface area contributed by atoms with Gasteiger partial charge in [0.05, 0.1) is 16.7 Å². The van der Waals surface area contributed by atoms with Gasteiger partial charge in [-0.25, -0.2) is 8.78 Å². The van der Waals surface area contributed by atoms with Crippen LogP contribution in [-0.4, -0.2) is 11.2 Å². The Bertz CT molecular complexity index is 405. The average molecular weight is 234 g/mol. The standard InChI is InChI=1S/C10H10ClF2NO/c11-6-1-2-7(12)8(9(6)13)10(14)3-5(15)4-10/h1-2,5,15H,3-4,14H2. The van der Waals surface area contributed by atoms with Crippen LogP contribution in [0.25, 0.3) is 0 Å². The molecule has 0 heterocycles. The van der Waals surface area contributed by atoms with E-state index in [0.717, 1.165) is 12.1 Å². The number of aliphatic hydroxyl groups excluding tert-OH is 1. The van der Waals surface area contributed by atoms with Gasteiger partial charge in [-0.1, -0.05) is 11.6 Å². The van der Waals surface area contributed by atoms with Gasteiger partial charge in [0.1, 0.15) is 11.6 Å². The Morgan fingerprint density at radius 3 is 2.53 bits per heavy atom. The maximum Gasteiger partial charge on any atom is 0.149 e. The van der Waals surface area contributed by atoms with Crippen LogP contribution in [0.5, 0.6) is 0 Å². The second-order valence-electron chi connectivity index (χ2n) is 3.94. The highest BCUT2D eigenvalue weighted by molar-refractivity contribution is 6.30. The lowest BCUT2D eigenvalue weighted by atomic mass is 9.70. The molecule has 5 heteroatoms. The van der Waals surface area contributed by atoms with E-state index in [1.165, 1.54) is 0 Å². The van der Waals surface area contributed by atoms with E-state index < -0.39 is 23.3 Å². The maximum absolute atomic E-state index is 13.6. The van der Waals surface area contributed by atoms with Crippen LogP contribution in [0.4, 0.5) is 8.78 Å². The van der Waals surface area contributed by atoms with Crippen LogP contribution in [0.3, 0.4) is 0 Å². The van der Waals surface area contributed by atoms with Gasteiger partial charge in [-0.3, -0.25) is 0 Å². The van der Waals surface area contributed by atoms with Crippen LogP contribution in [0.2, 0.25) is 5.02 Å². The molecule has 1 fully saturated rings. The minimum Gasteiger partial charge on any atom is -0.393 e. The van der Waals surface area contributed by atoms with Gasteiger partial charge in [-0.05, 0) is 25.0 Å². The Balaban J connectivity index is 2.48. The first-order valence-corrected chi connectivity index (χ1v) is 4.93. The Morgan fingerprint density at radius 1 is 1.40 bits per heavy atom. The van der Waals surface area contributed by atoms with Gasteiger partial charge in [0.25, 0.3) is 0 Å². The summed E-state index contributed by atoms with van der Waals surface area (Å²) in [5, 5.41) is 8.98. The zero-order chi connectivity index (χ0) is 11.2. The Morgan fingerprint density at radius 2 is 2.00 bits per heavy atom. The fraction of sp³-hybridized carbons (Fsp3) is 0.400. The van der Waals surface area contributed by atoms with Crippen molar-refractivity contribution < 1.29 is 13.9 Å². The zero-order valence-electron chi connectivity index (χ0n) is 7.80. The molecule has 15 heavy (non-hydrogen) atoms. The highest BCUT2D eigenvalue weighted by Gasteiger charge is 2.45. The van der Waals surface area contributed by atoms with Crippen LogP contribution < -0.4 is 5.73 Å². The van der Waals surface area contributed by atoms with E-state index in [1.807, 2.05) is 0 Å². The van der Waals surface area contributed by atoms with Crippen molar-refractivity contribution in [1.29, 1.82) is 0 Å². The van der Waals surface area contributed by atoms with E-state index in [4.69, 9.17) is 22.4 Å². The number of rotatable bonds is 1. The number of nitrogens with two attached hydrogens (primary N) is 1. The van der Waals surface area contributed by atoms with Crippen molar-refractivity contribution in [3.8, 4) is 0 Å². The molecule has 0 unspecified atom stereocenters. The topological polar surface area (TPSA) is 46.2 Å². The van der Waals surface area contributed by atoms with Gasteiger partial charge in [0, 0.05) is 5.56 Å². The van der Waals surface area contributed by atoms with Crippen molar-refractivity contribution in [2.45, 2.75) is 24.5 Å². The first-order valence-electron chi connectivity index (χ1n) is 4.55. The molecular weight excluding hydrogens is 224 g/mol. The fourth-order valence-electron chi connectivity index (χ4n) is 1.97. The van der Waals surface area contributed by atoms with Gasteiger partial charge in [-0.15, -0.1) is 0 Å². The highest BCUT2D eigenvalue weighted by Crippen LogP contribution is 2.42. The molecule has 1 aromatic rings. The van der Waals surface area contributed by atoms with Crippen molar-refractivity contribution in [1.82, 2.24) is 0 Å². The molecule has 2 rings (SSSR count). The molecule has 1 aliphatic carbocycles. The SMILES string of the molecule is NC1(c2c(F)ccc(Cl)c2F)CC(O)C1. The Hall–Kier alpha value is -0.710. The lowest BCUT2D eigenvalue weighted by molar-refractivity contribution is 0.0175. The smallest absolute Gasteiger partial charge is 0.149 e. The zero-order valence-corrected chi connectivity index (χ0v) is 8.56. The molecule has 0 aliphatic heterocycles. The summed E-state index contributed by atoms with van der Waals surface area (Å²) in [6.07, 6.45) is -0.282. The van der Waals surface area contributed by atoms with Crippen LogP contribution in [0, 0.1) is 11.6 Å². The van der Waals surface area contributed by atoms with E-state index in [-0.39, 0.29) is 23.4 Å². The number of halogens is 3. The van der Waals surface area contributed by atoms with Crippen molar-refractivity contribution in [3.63, 3.8) is 0 Å². The van der Waals surface area contributed by atoms with Gasteiger partial charge in [0.2, 0.25) is 0 Å². The summed E-state index contributed by atoms with van der Waals surface area (Å²) in [5.74, 6) is -1.54. The number of aliphatic hydroxyl groups is 1. The summed E-state index contributed by atoms with van der Waals surface area (Å²) < 4.78 is 27.0. The molecule has 0 amide bonds. The van der Waals surface area contributed by atoms with E-state index in [2.05, 4.69) is 0 Å². The Labute approximate surface area is 90.7 Å². The maximum atomic E-state index is 13.6. The quantitative estimate of drug-likeness (QED) is 0.728. The first-order chi connectivity index (χ1) is 6.94. The lowest BCUT2D eigenvalue weighted by Gasteiger charge is -2.42. The summed E-state index contributed by atoms with van der Waals surface area (Å²) in [7, 11) is 0. The molecule has 2 nitrogen and oxygen atoms in total. The minimum atomic E-state index is -1.13.